The quantitative estimate of drug-likeness (QED) is 0.406. The summed E-state index contributed by atoms with van der Waals surface area (Å²) in [6.45, 7) is 9.68. The molecule has 6 atom stereocenters. The smallest absolute Gasteiger partial charge is 0.312 e. The number of carbonyl (C=O) groups is 3. The first-order valence-electron chi connectivity index (χ1n) is 13.0. The molecule has 1 N–H and O–H groups in total. The highest BCUT2D eigenvalue weighted by atomic mass is 16.6. The Labute approximate surface area is 202 Å². The summed E-state index contributed by atoms with van der Waals surface area (Å²) in [6, 6.07) is -1.35. The van der Waals surface area contributed by atoms with Gasteiger partial charge in [0.05, 0.1) is 30.8 Å². The van der Waals surface area contributed by atoms with Gasteiger partial charge in [-0.2, -0.15) is 0 Å². The number of hydrogen-bond acceptors (Lipinski definition) is 6. The summed E-state index contributed by atoms with van der Waals surface area (Å²) in [6.07, 6.45) is 8.60. The lowest BCUT2D eigenvalue weighted by molar-refractivity contribution is -0.163. The third kappa shape index (κ3) is 3.60. The van der Waals surface area contributed by atoms with E-state index in [1.54, 1.807) is 19.9 Å². The van der Waals surface area contributed by atoms with Crippen molar-refractivity contribution >= 4 is 17.8 Å². The maximum atomic E-state index is 14.3. The molecule has 0 aromatic heterocycles. The molecule has 3 aliphatic heterocycles. The number of nitrogens with zero attached hydrogens (tertiary/aromatic N) is 2. The Morgan fingerprint density at radius 2 is 2.00 bits per heavy atom. The van der Waals surface area contributed by atoms with Gasteiger partial charge in [-0.1, -0.05) is 32.3 Å². The van der Waals surface area contributed by atoms with Crippen LogP contribution in [0.1, 0.15) is 72.1 Å². The number of esters is 1. The van der Waals surface area contributed by atoms with E-state index in [0.717, 1.165) is 32.1 Å². The fourth-order valence-corrected chi connectivity index (χ4v) is 7.20. The predicted molar refractivity (Wildman–Crippen MR) is 126 cm³/mol. The first-order chi connectivity index (χ1) is 16.3. The topological polar surface area (TPSA) is 96.4 Å². The number of aliphatic hydroxyl groups is 1. The molecule has 8 nitrogen and oxygen atoms in total. The van der Waals surface area contributed by atoms with Gasteiger partial charge in [0.2, 0.25) is 11.8 Å². The van der Waals surface area contributed by atoms with E-state index < -0.39 is 41.1 Å². The van der Waals surface area contributed by atoms with Gasteiger partial charge in [0.25, 0.3) is 0 Å². The van der Waals surface area contributed by atoms with E-state index in [-0.39, 0.29) is 31.1 Å². The van der Waals surface area contributed by atoms with E-state index in [1.165, 1.54) is 4.90 Å². The van der Waals surface area contributed by atoms with Crippen molar-refractivity contribution in [1.29, 1.82) is 0 Å². The molecule has 0 aromatic rings. The van der Waals surface area contributed by atoms with Gasteiger partial charge in [0.1, 0.15) is 17.6 Å². The minimum atomic E-state index is -1.08. The molecular formula is C26H40N2O6. The average Bonchev–Trinajstić information content (AvgIpc) is 3.46. The van der Waals surface area contributed by atoms with Crippen molar-refractivity contribution in [3.8, 4) is 0 Å². The minimum Gasteiger partial charge on any atom is -0.466 e. The van der Waals surface area contributed by atoms with E-state index in [2.05, 4.69) is 6.58 Å². The third-order valence-corrected chi connectivity index (χ3v) is 8.76. The largest absolute Gasteiger partial charge is 0.466 e. The van der Waals surface area contributed by atoms with Gasteiger partial charge in [0, 0.05) is 12.6 Å². The number of ether oxygens (including phenoxy) is 2. The van der Waals surface area contributed by atoms with Gasteiger partial charge < -0.3 is 24.4 Å². The Hall–Kier alpha value is -1.93. The van der Waals surface area contributed by atoms with Crippen LogP contribution >= 0.6 is 0 Å². The van der Waals surface area contributed by atoms with Crippen molar-refractivity contribution in [3.05, 3.63) is 12.7 Å². The molecule has 3 heterocycles. The second kappa shape index (κ2) is 9.61. The number of amides is 2. The summed E-state index contributed by atoms with van der Waals surface area (Å²) < 4.78 is 12.1. The molecule has 8 heteroatoms. The molecule has 1 spiro atoms. The second-order valence-electron chi connectivity index (χ2n) is 10.4. The van der Waals surface area contributed by atoms with Gasteiger partial charge in [-0.05, 0) is 46.0 Å². The summed E-state index contributed by atoms with van der Waals surface area (Å²) in [7, 11) is 0. The van der Waals surface area contributed by atoms with Gasteiger partial charge >= 0.3 is 5.97 Å². The molecule has 190 valence electrons. The monoisotopic (exact) mass is 476 g/mol. The number of fused-ring (bicyclic) bond motifs is 1. The van der Waals surface area contributed by atoms with Crippen LogP contribution < -0.4 is 0 Å². The molecule has 0 aromatic carbocycles. The molecule has 2 bridgehead atoms. The molecule has 4 fully saturated rings. The summed E-state index contributed by atoms with van der Waals surface area (Å²) >= 11 is 0. The van der Waals surface area contributed by atoms with Crippen molar-refractivity contribution in [2.24, 2.45) is 11.8 Å². The third-order valence-electron chi connectivity index (χ3n) is 8.76. The van der Waals surface area contributed by atoms with E-state index in [1.807, 2.05) is 11.8 Å². The highest BCUT2D eigenvalue weighted by Gasteiger charge is 2.79. The number of aliphatic hydroxyl groups excluding tert-OH is 1. The predicted octanol–water partition coefficient (Wildman–Crippen LogP) is 2.43. The minimum absolute atomic E-state index is 0.0932. The Kier molecular flexibility index (Phi) is 7.11. The molecule has 2 amide bonds. The van der Waals surface area contributed by atoms with Crippen LogP contribution in [0.5, 0.6) is 0 Å². The molecule has 1 aliphatic carbocycles. The molecule has 2 unspecified atom stereocenters. The van der Waals surface area contributed by atoms with Crippen molar-refractivity contribution in [2.45, 2.75) is 101 Å². The second-order valence-corrected chi connectivity index (χ2v) is 10.4. The molecule has 3 saturated heterocycles. The van der Waals surface area contributed by atoms with E-state index in [9.17, 15) is 19.5 Å². The number of rotatable bonds is 9. The van der Waals surface area contributed by atoms with Crippen LogP contribution in [-0.4, -0.2) is 81.8 Å². The lowest BCUT2D eigenvalue weighted by Gasteiger charge is -2.42. The molecule has 4 rings (SSSR count). The Morgan fingerprint density at radius 3 is 2.59 bits per heavy atom. The van der Waals surface area contributed by atoms with Crippen LogP contribution in [0.4, 0.5) is 0 Å². The zero-order valence-corrected chi connectivity index (χ0v) is 20.8. The van der Waals surface area contributed by atoms with Crippen molar-refractivity contribution in [2.75, 3.05) is 19.8 Å². The van der Waals surface area contributed by atoms with Gasteiger partial charge in [0.15, 0.2) is 0 Å². The van der Waals surface area contributed by atoms with E-state index >= 15 is 0 Å². The van der Waals surface area contributed by atoms with Gasteiger partial charge in [-0.3, -0.25) is 14.4 Å². The van der Waals surface area contributed by atoms with Crippen LogP contribution in [0.25, 0.3) is 0 Å². The number of hydrogen-bond donors (Lipinski definition) is 1. The number of carbonyl (C=O) groups excluding carboxylic acids is 3. The van der Waals surface area contributed by atoms with E-state index in [4.69, 9.17) is 9.47 Å². The van der Waals surface area contributed by atoms with Gasteiger partial charge in [-0.25, -0.2) is 0 Å². The van der Waals surface area contributed by atoms with Crippen LogP contribution in [-0.2, 0) is 23.9 Å². The standard InChI is InChI=1S/C26H40N2O6/c1-5-15-27(18-11-9-8-10-12-18)23(31)21-26-14-13-25(6-2,34-26)20(24(32)33-7-3)19(26)22(30)28(21)17(4)16-29/h5,17-21,29H,1,6-16H2,2-4H3/t17-,19+,20+,21?,25-,26?/m1/s1. The van der Waals surface area contributed by atoms with Crippen LogP contribution in [0.2, 0.25) is 0 Å². The average molecular weight is 477 g/mol. The molecule has 34 heavy (non-hydrogen) atoms. The number of likely N-dealkylation sites (tertiary alicyclic amines) is 1. The van der Waals surface area contributed by atoms with Crippen molar-refractivity contribution in [1.82, 2.24) is 9.80 Å². The Balaban J connectivity index is 1.79. The zero-order valence-electron chi connectivity index (χ0n) is 20.8. The normalized spacial score (nSPS) is 35.8. The summed E-state index contributed by atoms with van der Waals surface area (Å²) in [5, 5.41) is 10.0. The fourth-order valence-electron chi connectivity index (χ4n) is 7.20. The molecule has 4 aliphatic rings. The Bertz CT molecular complexity index is 826. The van der Waals surface area contributed by atoms with Crippen LogP contribution in [0.15, 0.2) is 12.7 Å². The Morgan fingerprint density at radius 1 is 1.29 bits per heavy atom. The lowest BCUT2D eigenvalue weighted by Crippen LogP contribution is -2.60. The summed E-state index contributed by atoms with van der Waals surface area (Å²) in [4.78, 5) is 44.8. The van der Waals surface area contributed by atoms with Crippen molar-refractivity contribution in [3.63, 3.8) is 0 Å². The van der Waals surface area contributed by atoms with Gasteiger partial charge in [-0.15, -0.1) is 6.58 Å². The lowest BCUT2D eigenvalue weighted by atomic mass is 9.65. The molecular weight excluding hydrogens is 436 g/mol. The molecule has 1 saturated carbocycles. The first-order valence-corrected chi connectivity index (χ1v) is 13.0. The highest BCUT2D eigenvalue weighted by molar-refractivity contribution is 5.98. The summed E-state index contributed by atoms with van der Waals surface area (Å²) in [5.74, 6) is -2.38. The highest BCUT2D eigenvalue weighted by Crippen LogP contribution is 2.64. The zero-order chi connectivity index (χ0) is 24.7. The van der Waals surface area contributed by atoms with Crippen LogP contribution in [0, 0.1) is 11.8 Å². The first kappa shape index (κ1) is 25.2. The summed E-state index contributed by atoms with van der Waals surface area (Å²) in [5.41, 5.74) is -1.88. The maximum Gasteiger partial charge on any atom is 0.312 e. The van der Waals surface area contributed by atoms with Crippen LogP contribution in [0.3, 0.4) is 0 Å². The molecule has 0 radical (unpaired) electrons. The maximum absolute atomic E-state index is 14.3. The fraction of sp³-hybridized carbons (Fsp3) is 0.808. The van der Waals surface area contributed by atoms with E-state index in [0.29, 0.717) is 25.8 Å². The SMILES string of the molecule is C=CCN(C(=O)C1N([C@H](C)CO)C(=O)[C@@H]2[C@@H](C(=O)OCC)[C@@]3(CC)CCC12O3)C1CCCCC1. The van der Waals surface area contributed by atoms with Crippen molar-refractivity contribution < 1.29 is 29.0 Å².